The van der Waals surface area contributed by atoms with Gasteiger partial charge in [-0.2, -0.15) is 0 Å². The summed E-state index contributed by atoms with van der Waals surface area (Å²) in [6, 6.07) is 2.06. The van der Waals surface area contributed by atoms with E-state index in [1.54, 1.807) is 11.3 Å². The zero-order chi connectivity index (χ0) is 23.6. The van der Waals surface area contributed by atoms with Gasteiger partial charge in [0, 0.05) is 67.7 Å². The van der Waals surface area contributed by atoms with E-state index in [2.05, 4.69) is 38.1 Å². The number of allylic oxidation sites excluding steroid dienone is 1. The number of likely N-dealkylation sites (tertiary alicyclic amines) is 1. The van der Waals surface area contributed by atoms with E-state index in [1.165, 1.54) is 45.2 Å². The number of amidine groups is 1. The van der Waals surface area contributed by atoms with Crippen molar-refractivity contribution in [2.24, 2.45) is 11.1 Å². The molecule has 1 spiro atoms. The standard InChI is InChI=1S/C26H41N7/c1-18(30-15-21-6-7-23(21)32-16-26(17-32)10-5-11-26)9-13-33(20(3)28)24-14-19(2)31-25(29-4)22(24)8-12-27/h14,28,30H,1,5-13,15-17,27H2,2-4H3,(H,29,31). The minimum atomic E-state index is 0.514. The number of pyridine rings is 1. The van der Waals surface area contributed by atoms with Gasteiger partial charge in [-0.1, -0.05) is 13.0 Å². The van der Waals surface area contributed by atoms with Gasteiger partial charge in [0.05, 0.1) is 11.5 Å². The molecule has 3 aliphatic rings. The Morgan fingerprint density at radius 3 is 2.64 bits per heavy atom. The summed E-state index contributed by atoms with van der Waals surface area (Å²) in [4.78, 5) is 9.29. The predicted molar refractivity (Wildman–Crippen MR) is 138 cm³/mol. The molecule has 7 heteroatoms. The van der Waals surface area contributed by atoms with Gasteiger partial charge < -0.3 is 26.2 Å². The van der Waals surface area contributed by atoms with Crippen molar-refractivity contribution in [1.29, 1.82) is 5.41 Å². The maximum absolute atomic E-state index is 8.41. The van der Waals surface area contributed by atoms with Crippen LogP contribution in [0.3, 0.4) is 0 Å². The first-order valence-corrected chi connectivity index (χ1v) is 12.4. The van der Waals surface area contributed by atoms with E-state index in [1.807, 2.05) is 20.9 Å². The number of hydrogen-bond donors (Lipinski definition) is 4. The number of nitrogens with zero attached hydrogens (tertiary/aromatic N) is 3. The van der Waals surface area contributed by atoms with Gasteiger partial charge in [-0.05, 0) is 64.1 Å². The van der Waals surface area contributed by atoms with Crippen molar-refractivity contribution >= 4 is 17.3 Å². The molecule has 0 atom stereocenters. The molecule has 0 radical (unpaired) electrons. The normalized spacial score (nSPS) is 18.4. The molecule has 2 aliphatic carbocycles. The average molecular weight is 452 g/mol. The number of nitrogens with two attached hydrogens (primary N) is 1. The molecule has 2 heterocycles. The molecule has 1 saturated carbocycles. The number of aromatic nitrogens is 1. The van der Waals surface area contributed by atoms with Crippen molar-refractivity contribution in [2.45, 2.75) is 58.8 Å². The lowest BCUT2D eigenvalue weighted by Crippen LogP contribution is -2.59. The van der Waals surface area contributed by atoms with Crippen LogP contribution in [-0.4, -0.2) is 55.5 Å². The van der Waals surface area contributed by atoms with Gasteiger partial charge in [0.2, 0.25) is 0 Å². The maximum Gasteiger partial charge on any atom is 0.131 e. The van der Waals surface area contributed by atoms with Crippen LogP contribution < -0.4 is 21.3 Å². The Hall–Kier alpha value is -2.54. The zero-order valence-corrected chi connectivity index (χ0v) is 20.7. The molecule has 1 saturated heterocycles. The van der Waals surface area contributed by atoms with E-state index in [0.717, 1.165) is 47.8 Å². The van der Waals surface area contributed by atoms with Gasteiger partial charge >= 0.3 is 0 Å². The second-order valence-corrected chi connectivity index (χ2v) is 10.1. The summed E-state index contributed by atoms with van der Waals surface area (Å²) in [5, 5.41) is 15.2. The molecule has 2 fully saturated rings. The van der Waals surface area contributed by atoms with Crippen LogP contribution in [0.2, 0.25) is 0 Å². The van der Waals surface area contributed by atoms with Crippen molar-refractivity contribution in [3.8, 4) is 0 Å². The highest BCUT2D eigenvalue weighted by Crippen LogP contribution is 2.51. The summed E-state index contributed by atoms with van der Waals surface area (Å²) < 4.78 is 0. The molecule has 0 aromatic carbocycles. The molecule has 5 N–H and O–H groups in total. The number of rotatable bonds is 11. The largest absolute Gasteiger partial charge is 0.385 e. The van der Waals surface area contributed by atoms with Gasteiger partial charge in [-0.15, -0.1) is 0 Å². The molecule has 1 aromatic heterocycles. The summed E-state index contributed by atoms with van der Waals surface area (Å²) in [6.45, 7) is 12.8. The molecule has 1 aromatic rings. The SMILES string of the molecule is C=C(CCN(C(C)=N)c1cc(C)nc(NC)c1CCN)NCC1=C(N2CC3(CCC3)C2)CC1. The monoisotopic (exact) mass is 451 g/mol. The fraction of sp³-hybridized carbons (Fsp3) is 0.615. The molecule has 33 heavy (non-hydrogen) atoms. The molecule has 0 unspecified atom stereocenters. The second-order valence-electron chi connectivity index (χ2n) is 10.1. The summed E-state index contributed by atoms with van der Waals surface area (Å²) in [5.74, 6) is 1.36. The van der Waals surface area contributed by atoms with Gasteiger partial charge in [0.15, 0.2) is 0 Å². The fourth-order valence-corrected chi connectivity index (χ4v) is 5.49. The molecule has 1 aliphatic heterocycles. The third kappa shape index (κ3) is 4.88. The lowest BCUT2D eigenvalue weighted by Gasteiger charge is -2.59. The Balaban J connectivity index is 1.34. The maximum atomic E-state index is 8.41. The van der Waals surface area contributed by atoms with Crippen LogP contribution in [0, 0.1) is 17.7 Å². The summed E-state index contributed by atoms with van der Waals surface area (Å²) in [6.07, 6.45) is 8.24. The van der Waals surface area contributed by atoms with E-state index in [9.17, 15) is 0 Å². The molecular weight excluding hydrogens is 410 g/mol. The van der Waals surface area contributed by atoms with E-state index in [-0.39, 0.29) is 0 Å². The van der Waals surface area contributed by atoms with Gasteiger partial charge in [-0.25, -0.2) is 4.98 Å². The second kappa shape index (κ2) is 9.75. The Bertz CT molecular complexity index is 936. The number of hydrogen-bond acceptors (Lipinski definition) is 6. The number of aryl methyl sites for hydroxylation is 1. The van der Waals surface area contributed by atoms with E-state index < -0.39 is 0 Å². The Morgan fingerprint density at radius 2 is 2.09 bits per heavy atom. The van der Waals surface area contributed by atoms with Gasteiger partial charge in [0.1, 0.15) is 5.82 Å². The van der Waals surface area contributed by atoms with Crippen LogP contribution in [0.4, 0.5) is 11.5 Å². The third-order valence-electron chi connectivity index (χ3n) is 7.66. The van der Waals surface area contributed by atoms with E-state index >= 15 is 0 Å². The highest BCUT2D eigenvalue weighted by atomic mass is 15.2. The Labute approximate surface area is 199 Å². The van der Waals surface area contributed by atoms with Gasteiger partial charge in [-0.3, -0.25) is 5.41 Å². The molecule has 7 nitrogen and oxygen atoms in total. The van der Waals surface area contributed by atoms with Crippen LogP contribution in [0.15, 0.2) is 29.6 Å². The van der Waals surface area contributed by atoms with Crippen LogP contribution in [-0.2, 0) is 6.42 Å². The van der Waals surface area contributed by atoms with Crippen molar-refractivity contribution in [1.82, 2.24) is 15.2 Å². The van der Waals surface area contributed by atoms with Crippen LogP contribution in [0.25, 0.3) is 0 Å². The predicted octanol–water partition coefficient (Wildman–Crippen LogP) is 3.76. The van der Waals surface area contributed by atoms with Crippen LogP contribution in [0.5, 0.6) is 0 Å². The Morgan fingerprint density at radius 1 is 1.33 bits per heavy atom. The highest BCUT2D eigenvalue weighted by molar-refractivity contribution is 5.95. The summed E-state index contributed by atoms with van der Waals surface area (Å²) in [7, 11) is 1.88. The molecule has 4 rings (SSSR count). The number of anilines is 2. The minimum absolute atomic E-state index is 0.514. The third-order valence-corrected chi connectivity index (χ3v) is 7.66. The number of nitrogens with one attached hydrogen (secondary N) is 3. The smallest absolute Gasteiger partial charge is 0.131 e. The lowest BCUT2D eigenvalue weighted by molar-refractivity contribution is -0.0437. The highest BCUT2D eigenvalue weighted by Gasteiger charge is 2.48. The first kappa shape index (κ1) is 23.6. The van der Waals surface area contributed by atoms with Crippen LogP contribution >= 0.6 is 0 Å². The van der Waals surface area contributed by atoms with Crippen molar-refractivity contribution in [3.63, 3.8) is 0 Å². The van der Waals surface area contributed by atoms with Crippen molar-refractivity contribution in [3.05, 3.63) is 40.9 Å². The first-order chi connectivity index (χ1) is 15.9. The summed E-state index contributed by atoms with van der Waals surface area (Å²) >= 11 is 0. The average Bonchev–Trinajstić information content (AvgIpc) is 2.69. The van der Waals surface area contributed by atoms with Crippen molar-refractivity contribution in [2.75, 3.05) is 50.0 Å². The Kier molecular flexibility index (Phi) is 6.98. The van der Waals surface area contributed by atoms with Crippen molar-refractivity contribution < 1.29 is 0 Å². The zero-order valence-electron chi connectivity index (χ0n) is 20.7. The molecule has 0 bridgehead atoms. The topological polar surface area (TPSA) is 93.3 Å². The minimum Gasteiger partial charge on any atom is -0.385 e. The quantitative estimate of drug-likeness (QED) is 0.302. The summed E-state index contributed by atoms with van der Waals surface area (Å²) in [5.41, 5.74) is 13.8. The molecule has 0 amide bonds. The fourth-order valence-electron chi connectivity index (χ4n) is 5.49. The van der Waals surface area contributed by atoms with E-state index in [4.69, 9.17) is 11.1 Å². The molecular formula is C26H41N7. The lowest BCUT2D eigenvalue weighted by atomic mass is 9.63. The van der Waals surface area contributed by atoms with Gasteiger partial charge in [0.25, 0.3) is 0 Å². The van der Waals surface area contributed by atoms with Crippen LogP contribution in [0.1, 0.15) is 56.7 Å². The molecule has 180 valence electrons. The van der Waals surface area contributed by atoms with E-state index in [0.29, 0.717) is 24.3 Å². The first-order valence-electron chi connectivity index (χ1n) is 12.4.